The van der Waals surface area contributed by atoms with Gasteiger partial charge in [0.15, 0.2) is 0 Å². The van der Waals surface area contributed by atoms with Crippen molar-refractivity contribution in [3.05, 3.63) is 60.7 Å². The molecule has 9 heteroatoms. The first kappa shape index (κ1) is 20.3. The van der Waals surface area contributed by atoms with Gasteiger partial charge in [0.2, 0.25) is 17.8 Å². The van der Waals surface area contributed by atoms with Crippen LogP contribution >= 0.6 is 25.3 Å². The Labute approximate surface area is 185 Å². The molecule has 30 heavy (non-hydrogen) atoms. The van der Waals surface area contributed by atoms with Crippen LogP contribution in [-0.2, 0) is 0 Å². The molecule has 0 saturated carbocycles. The molecule has 0 aliphatic carbocycles. The highest BCUT2D eigenvalue weighted by Gasteiger charge is 2.08. The minimum atomic E-state index is 0.416. The maximum absolute atomic E-state index is 5.60. The van der Waals surface area contributed by atoms with Gasteiger partial charge in [-0.05, 0) is 59.3 Å². The molecular weight excluding hydrogens is 414 g/mol. The average molecular weight is 436 g/mol. The molecule has 0 amide bonds. The topological polar surface area (TPSA) is 101 Å². The molecule has 0 saturated heterocycles. The number of anilines is 5. The van der Waals surface area contributed by atoms with Crippen LogP contribution in [0.25, 0.3) is 10.8 Å². The fourth-order valence-corrected chi connectivity index (χ4v) is 3.23. The number of benzene rings is 3. The Kier molecular flexibility index (Phi) is 6.22. The monoisotopic (exact) mass is 435 g/mol. The normalized spacial score (nSPS) is 10.8. The highest BCUT2D eigenvalue weighted by atomic mass is 32.1. The number of nitrogens with two attached hydrogens (primary N) is 1. The zero-order valence-corrected chi connectivity index (χ0v) is 17.8. The summed E-state index contributed by atoms with van der Waals surface area (Å²) in [4.78, 5) is 15.2. The Morgan fingerprint density at radius 2 is 1.23 bits per heavy atom. The molecule has 0 aliphatic rings. The first-order valence-electron chi connectivity index (χ1n) is 9.35. The predicted octanol–water partition coefficient (Wildman–Crippen LogP) is 4.46. The smallest absolute Gasteiger partial charge is 0.233 e. The van der Waals surface area contributed by atoms with Crippen molar-refractivity contribution in [1.29, 1.82) is 0 Å². The molecule has 0 fully saturated rings. The lowest BCUT2D eigenvalue weighted by Crippen LogP contribution is -2.16. The molecule has 152 valence electrons. The van der Waals surface area contributed by atoms with Gasteiger partial charge in [0, 0.05) is 34.3 Å². The summed E-state index contributed by atoms with van der Waals surface area (Å²) in [6.07, 6.45) is 0. The van der Waals surface area contributed by atoms with Gasteiger partial charge in [0.05, 0.1) is 0 Å². The number of aromatic nitrogens is 3. The van der Waals surface area contributed by atoms with E-state index in [2.05, 4.69) is 56.2 Å². The van der Waals surface area contributed by atoms with E-state index in [-0.39, 0.29) is 0 Å². The Hall–Kier alpha value is -3.01. The summed E-state index contributed by atoms with van der Waals surface area (Å²) in [5, 5.41) is 11.8. The molecule has 0 aliphatic heterocycles. The first-order valence-corrected chi connectivity index (χ1v) is 10.2. The second-order valence-corrected chi connectivity index (χ2v) is 7.60. The lowest BCUT2D eigenvalue weighted by molar-refractivity contribution is 0.973. The summed E-state index contributed by atoms with van der Waals surface area (Å²) >= 11 is 8.70. The summed E-state index contributed by atoms with van der Waals surface area (Å²) in [6, 6.07) is 19.7. The number of thiol groups is 2. The second-order valence-electron chi connectivity index (χ2n) is 6.56. The number of fused-ring (bicyclic) bond motifs is 1. The van der Waals surface area contributed by atoms with E-state index < -0.39 is 0 Å². The van der Waals surface area contributed by atoms with Crippen LogP contribution in [0.2, 0.25) is 0 Å². The zero-order valence-electron chi connectivity index (χ0n) is 16.0. The third-order valence-electron chi connectivity index (χ3n) is 4.27. The summed E-state index contributed by atoms with van der Waals surface area (Å²) in [6.45, 7) is 1.03. The Morgan fingerprint density at radius 1 is 0.667 bits per heavy atom. The van der Waals surface area contributed by atoms with E-state index in [0.717, 1.165) is 31.9 Å². The molecule has 4 aromatic rings. The summed E-state index contributed by atoms with van der Waals surface area (Å²) in [7, 11) is 0. The van der Waals surface area contributed by atoms with E-state index >= 15 is 0 Å². The molecule has 0 spiro atoms. The molecular formula is C21H21N7S2. The van der Waals surface area contributed by atoms with Gasteiger partial charge in [-0.3, -0.25) is 0 Å². The van der Waals surface area contributed by atoms with Crippen LogP contribution in [0.3, 0.4) is 0 Å². The van der Waals surface area contributed by atoms with E-state index in [1.54, 1.807) is 0 Å². The molecule has 0 atom stereocenters. The largest absolute Gasteiger partial charge is 0.353 e. The lowest BCUT2D eigenvalue weighted by atomic mass is 10.1. The van der Waals surface area contributed by atoms with Gasteiger partial charge < -0.3 is 21.7 Å². The van der Waals surface area contributed by atoms with Gasteiger partial charge in [-0.2, -0.15) is 15.0 Å². The fraction of sp³-hybridized carbons (Fsp3) is 0.0952. The van der Waals surface area contributed by atoms with Crippen molar-refractivity contribution in [3.63, 3.8) is 0 Å². The Bertz CT molecular complexity index is 1170. The van der Waals surface area contributed by atoms with E-state index in [1.807, 2.05) is 60.7 Å². The summed E-state index contributed by atoms with van der Waals surface area (Å²) < 4.78 is 0. The molecule has 5 N–H and O–H groups in total. The minimum Gasteiger partial charge on any atom is -0.353 e. The van der Waals surface area contributed by atoms with Crippen LogP contribution < -0.4 is 21.7 Å². The van der Waals surface area contributed by atoms with Crippen LogP contribution in [0.5, 0.6) is 0 Å². The highest BCUT2D eigenvalue weighted by molar-refractivity contribution is 7.80. The van der Waals surface area contributed by atoms with Gasteiger partial charge in [0.25, 0.3) is 0 Å². The van der Waals surface area contributed by atoms with Crippen molar-refractivity contribution < 1.29 is 0 Å². The highest BCUT2D eigenvalue weighted by Crippen LogP contribution is 2.24. The van der Waals surface area contributed by atoms with Crippen molar-refractivity contribution in [2.45, 2.75) is 9.79 Å². The Balaban J connectivity index is 1.62. The fourth-order valence-electron chi connectivity index (χ4n) is 2.86. The van der Waals surface area contributed by atoms with Crippen molar-refractivity contribution in [2.24, 2.45) is 5.73 Å². The lowest BCUT2D eigenvalue weighted by Gasteiger charge is -2.12. The van der Waals surface area contributed by atoms with Crippen LogP contribution in [-0.4, -0.2) is 28.0 Å². The zero-order chi connectivity index (χ0) is 20.9. The number of rotatable bonds is 7. The standard InChI is InChI=1S/C21H21N7S2/c22-9-10-23-19-26-20(24-15-4-7-17(29)8-5-15)28-21(27-19)25-16-3-1-14-12-18(30)6-2-13(14)11-16/h1-8,11-12,29-30H,9-10,22H2,(H3,23,24,25,26,27,28). The first-order chi connectivity index (χ1) is 14.6. The number of nitrogens with zero attached hydrogens (tertiary/aromatic N) is 3. The molecule has 1 heterocycles. The van der Waals surface area contributed by atoms with Crippen molar-refractivity contribution in [1.82, 2.24) is 15.0 Å². The minimum absolute atomic E-state index is 0.416. The van der Waals surface area contributed by atoms with Gasteiger partial charge in [-0.25, -0.2) is 0 Å². The predicted molar refractivity (Wildman–Crippen MR) is 129 cm³/mol. The maximum atomic E-state index is 5.60. The van der Waals surface area contributed by atoms with Crippen LogP contribution in [0.1, 0.15) is 0 Å². The van der Waals surface area contributed by atoms with Crippen LogP contribution in [0.4, 0.5) is 29.2 Å². The summed E-state index contributed by atoms with van der Waals surface area (Å²) in [5.74, 6) is 1.27. The Morgan fingerprint density at radius 3 is 1.97 bits per heavy atom. The van der Waals surface area contributed by atoms with Crippen LogP contribution in [0.15, 0.2) is 70.5 Å². The third-order valence-corrected chi connectivity index (χ3v) is 4.84. The van der Waals surface area contributed by atoms with E-state index in [0.29, 0.717) is 30.9 Å². The number of nitrogens with one attached hydrogen (secondary N) is 3. The average Bonchev–Trinajstić information content (AvgIpc) is 2.74. The van der Waals surface area contributed by atoms with Crippen LogP contribution in [0, 0.1) is 0 Å². The quantitative estimate of drug-likeness (QED) is 0.238. The third kappa shape index (κ3) is 5.12. The number of hydrogen-bond donors (Lipinski definition) is 6. The second kappa shape index (κ2) is 9.21. The van der Waals surface area contributed by atoms with Crippen molar-refractivity contribution in [3.8, 4) is 0 Å². The van der Waals surface area contributed by atoms with Crippen molar-refractivity contribution >= 4 is 65.2 Å². The molecule has 7 nitrogen and oxygen atoms in total. The molecule has 1 aromatic heterocycles. The maximum Gasteiger partial charge on any atom is 0.233 e. The number of hydrogen-bond acceptors (Lipinski definition) is 9. The molecule has 4 rings (SSSR count). The molecule has 0 unspecified atom stereocenters. The van der Waals surface area contributed by atoms with Gasteiger partial charge in [0.1, 0.15) is 0 Å². The summed E-state index contributed by atoms with van der Waals surface area (Å²) in [5.41, 5.74) is 7.32. The van der Waals surface area contributed by atoms with E-state index in [4.69, 9.17) is 5.73 Å². The van der Waals surface area contributed by atoms with Gasteiger partial charge in [-0.15, -0.1) is 25.3 Å². The van der Waals surface area contributed by atoms with Gasteiger partial charge >= 0.3 is 0 Å². The van der Waals surface area contributed by atoms with E-state index in [1.165, 1.54) is 0 Å². The van der Waals surface area contributed by atoms with Crippen molar-refractivity contribution in [2.75, 3.05) is 29.0 Å². The molecule has 0 radical (unpaired) electrons. The van der Waals surface area contributed by atoms with E-state index in [9.17, 15) is 0 Å². The molecule has 3 aromatic carbocycles. The van der Waals surface area contributed by atoms with Gasteiger partial charge in [-0.1, -0.05) is 12.1 Å². The molecule has 0 bridgehead atoms. The SMILES string of the molecule is NCCNc1nc(Nc2ccc(S)cc2)nc(Nc2ccc3cc(S)ccc3c2)n1.